The van der Waals surface area contributed by atoms with E-state index < -0.39 is 4.92 Å². The zero-order valence-corrected chi connectivity index (χ0v) is 11.4. The van der Waals surface area contributed by atoms with E-state index >= 15 is 0 Å². The third kappa shape index (κ3) is 2.93. The number of hydrogen-bond acceptors (Lipinski definition) is 5. The molecule has 0 N–H and O–H groups in total. The lowest BCUT2D eigenvalue weighted by molar-refractivity contribution is -0.384. The standard InChI is InChI=1S/C12H14N4O2S/c1-2-3-4-5-12(19)15-11-8-9(16(17)18)6-7-10(11)13-14-15/h6-8H,2-5H2,1H3. The van der Waals surface area contributed by atoms with Gasteiger partial charge in [-0.1, -0.05) is 37.2 Å². The van der Waals surface area contributed by atoms with Crippen molar-refractivity contribution < 1.29 is 4.92 Å². The van der Waals surface area contributed by atoms with Crippen molar-refractivity contribution in [1.29, 1.82) is 0 Å². The van der Waals surface area contributed by atoms with Crippen LogP contribution in [-0.2, 0) is 0 Å². The van der Waals surface area contributed by atoms with E-state index in [0.29, 0.717) is 16.0 Å². The lowest BCUT2D eigenvalue weighted by atomic mass is 10.2. The number of nitro groups is 1. The summed E-state index contributed by atoms with van der Waals surface area (Å²) < 4.78 is 1.52. The predicted molar refractivity (Wildman–Crippen MR) is 76.3 cm³/mol. The van der Waals surface area contributed by atoms with Crippen LogP contribution in [0.1, 0.15) is 32.6 Å². The normalized spacial score (nSPS) is 10.8. The van der Waals surface area contributed by atoms with E-state index in [2.05, 4.69) is 17.2 Å². The van der Waals surface area contributed by atoms with Gasteiger partial charge in [0, 0.05) is 18.6 Å². The minimum absolute atomic E-state index is 0.0207. The van der Waals surface area contributed by atoms with E-state index in [1.165, 1.54) is 16.8 Å². The van der Waals surface area contributed by atoms with Crippen LogP contribution in [0.25, 0.3) is 11.0 Å². The Bertz CT molecular complexity index is 623. The number of nitrogens with zero attached hydrogens (tertiary/aromatic N) is 4. The molecule has 0 radical (unpaired) electrons. The number of benzene rings is 1. The summed E-state index contributed by atoms with van der Waals surface area (Å²) in [6, 6.07) is 4.47. The summed E-state index contributed by atoms with van der Waals surface area (Å²) in [7, 11) is 0. The number of unbranched alkanes of at least 4 members (excludes halogenated alkanes) is 2. The number of rotatable bonds is 5. The first-order chi connectivity index (χ1) is 9.13. The lowest BCUT2D eigenvalue weighted by Gasteiger charge is -2.03. The van der Waals surface area contributed by atoms with Gasteiger partial charge in [-0.25, -0.2) is 4.68 Å². The van der Waals surface area contributed by atoms with E-state index in [0.717, 1.165) is 25.7 Å². The summed E-state index contributed by atoms with van der Waals surface area (Å²) in [6.45, 7) is 2.12. The zero-order chi connectivity index (χ0) is 13.8. The van der Waals surface area contributed by atoms with E-state index in [4.69, 9.17) is 12.2 Å². The van der Waals surface area contributed by atoms with Crippen molar-refractivity contribution in [3.05, 3.63) is 28.3 Å². The van der Waals surface area contributed by atoms with Crippen LogP contribution in [0.4, 0.5) is 5.69 Å². The largest absolute Gasteiger partial charge is 0.271 e. The van der Waals surface area contributed by atoms with Gasteiger partial charge in [-0.2, -0.15) is 0 Å². The van der Waals surface area contributed by atoms with Crippen molar-refractivity contribution in [3.63, 3.8) is 0 Å². The highest BCUT2D eigenvalue weighted by Crippen LogP contribution is 2.19. The summed E-state index contributed by atoms with van der Waals surface area (Å²) in [5.74, 6) is 0. The van der Waals surface area contributed by atoms with E-state index in [1.54, 1.807) is 6.07 Å². The second-order valence-electron chi connectivity index (χ2n) is 4.28. The monoisotopic (exact) mass is 278 g/mol. The van der Waals surface area contributed by atoms with Gasteiger partial charge in [-0.15, -0.1) is 5.10 Å². The molecule has 0 unspecified atom stereocenters. The maximum Gasteiger partial charge on any atom is 0.271 e. The fourth-order valence-electron chi connectivity index (χ4n) is 1.84. The van der Waals surface area contributed by atoms with Crippen LogP contribution in [0, 0.1) is 10.1 Å². The molecular weight excluding hydrogens is 264 g/mol. The number of thiocarbonyl (C=S) groups is 1. The molecule has 0 spiro atoms. The van der Waals surface area contributed by atoms with Gasteiger partial charge in [0.15, 0.2) is 0 Å². The first kappa shape index (κ1) is 13.5. The van der Waals surface area contributed by atoms with Crippen LogP contribution in [0.15, 0.2) is 18.2 Å². The van der Waals surface area contributed by atoms with Crippen molar-refractivity contribution >= 4 is 33.9 Å². The summed E-state index contributed by atoms with van der Waals surface area (Å²) in [6.07, 6.45) is 3.95. The van der Waals surface area contributed by atoms with Crippen molar-refractivity contribution in [2.24, 2.45) is 0 Å². The van der Waals surface area contributed by atoms with Gasteiger partial charge in [-0.3, -0.25) is 10.1 Å². The predicted octanol–water partition coefficient (Wildman–Crippen LogP) is 3.10. The maximum atomic E-state index is 10.8. The Morgan fingerprint density at radius 3 is 2.95 bits per heavy atom. The lowest BCUT2D eigenvalue weighted by Crippen LogP contribution is -2.10. The molecule has 1 heterocycles. The highest BCUT2D eigenvalue weighted by Gasteiger charge is 2.13. The molecular formula is C12H14N4O2S. The van der Waals surface area contributed by atoms with Gasteiger partial charge in [-0.05, 0) is 12.5 Å². The number of aromatic nitrogens is 3. The minimum atomic E-state index is -0.434. The SMILES string of the molecule is CCCCCC(=S)n1nnc2ccc([N+](=O)[O-])cc21. The van der Waals surface area contributed by atoms with Crippen molar-refractivity contribution in [1.82, 2.24) is 15.0 Å². The molecule has 0 atom stereocenters. The molecule has 0 amide bonds. The number of fused-ring (bicyclic) bond motifs is 1. The molecule has 0 saturated carbocycles. The zero-order valence-electron chi connectivity index (χ0n) is 10.6. The molecule has 19 heavy (non-hydrogen) atoms. The van der Waals surface area contributed by atoms with Crippen molar-refractivity contribution in [3.8, 4) is 0 Å². The van der Waals surface area contributed by atoms with Crippen LogP contribution in [0.3, 0.4) is 0 Å². The van der Waals surface area contributed by atoms with Crippen molar-refractivity contribution in [2.75, 3.05) is 0 Å². The van der Waals surface area contributed by atoms with Crippen molar-refractivity contribution in [2.45, 2.75) is 32.6 Å². The molecule has 7 heteroatoms. The smallest absolute Gasteiger partial charge is 0.258 e. The van der Waals surface area contributed by atoms with Gasteiger partial charge >= 0.3 is 0 Å². The minimum Gasteiger partial charge on any atom is -0.258 e. The van der Waals surface area contributed by atoms with Gasteiger partial charge in [0.1, 0.15) is 16.0 Å². The average molecular weight is 278 g/mol. The van der Waals surface area contributed by atoms with Crippen LogP contribution in [-0.4, -0.2) is 24.9 Å². The Balaban J connectivity index is 2.30. The van der Waals surface area contributed by atoms with Crippen LogP contribution in [0.5, 0.6) is 0 Å². The highest BCUT2D eigenvalue weighted by molar-refractivity contribution is 7.80. The summed E-state index contributed by atoms with van der Waals surface area (Å²) in [5, 5.41) is 18.7. The number of nitro benzene ring substituents is 1. The molecule has 0 fully saturated rings. The highest BCUT2D eigenvalue weighted by atomic mass is 32.1. The maximum absolute atomic E-state index is 10.8. The molecule has 6 nitrogen and oxygen atoms in total. The Morgan fingerprint density at radius 1 is 1.47 bits per heavy atom. The second kappa shape index (κ2) is 5.83. The summed E-state index contributed by atoms with van der Waals surface area (Å²) >= 11 is 5.31. The number of hydrogen-bond donors (Lipinski definition) is 0. The van der Waals surface area contributed by atoms with Gasteiger partial charge in [0.2, 0.25) is 0 Å². The molecule has 0 aliphatic heterocycles. The topological polar surface area (TPSA) is 73.8 Å². The van der Waals surface area contributed by atoms with Gasteiger partial charge in [0.25, 0.3) is 5.69 Å². The Morgan fingerprint density at radius 2 is 2.26 bits per heavy atom. The van der Waals surface area contributed by atoms with E-state index in [-0.39, 0.29) is 5.69 Å². The molecule has 2 aromatic rings. The first-order valence-corrected chi connectivity index (χ1v) is 6.57. The molecule has 0 aliphatic rings. The third-order valence-electron chi connectivity index (χ3n) is 2.87. The Labute approximate surface area is 115 Å². The van der Waals surface area contributed by atoms with Crippen LogP contribution in [0.2, 0.25) is 0 Å². The van der Waals surface area contributed by atoms with Crippen LogP contribution >= 0.6 is 12.2 Å². The number of non-ortho nitro benzene ring substituents is 1. The molecule has 0 saturated heterocycles. The van der Waals surface area contributed by atoms with Crippen LogP contribution < -0.4 is 0 Å². The molecule has 0 bridgehead atoms. The second-order valence-corrected chi connectivity index (χ2v) is 4.75. The third-order valence-corrected chi connectivity index (χ3v) is 3.25. The van der Waals surface area contributed by atoms with Gasteiger partial charge < -0.3 is 0 Å². The Kier molecular flexibility index (Phi) is 4.16. The fourth-order valence-corrected chi connectivity index (χ4v) is 2.12. The van der Waals surface area contributed by atoms with Gasteiger partial charge in [0.05, 0.1) is 4.92 Å². The summed E-state index contributed by atoms with van der Waals surface area (Å²) in [5.41, 5.74) is 1.23. The van der Waals surface area contributed by atoms with E-state index in [9.17, 15) is 10.1 Å². The fraction of sp³-hybridized carbons (Fsp3) is 0.417. The first-order valence-electron chi connectivity index (χ1n) is 6.16. The Hall–Kier alpha value is -1.89. The quantitative estimate of drug-likeness (QED) is 0.363. The molecule has 1 aromatic carbocycles. The van der Waals surface area contributed by atoms with E-state index in [1.807, 2.05) is 0 Å². The molecule has 0 aliphatic carbocycles. The summed E-state index contributed by atoms with van der Waals surface area (Å²) in [4.78, 5) is 11.0. The molecule has 1 aromatic heterocycles. The molecule has 100 valence electrons. The molecule has 2 rings (SSSR count). The average Bonchev–Trinajstić information content (AvgIpc) is 2.81.